The van der Waals surface area contributed by atoms with E-state index in [-0.39, 0.29) is 41.1 Å². The van der Waals surface area contributed by atoms with Gasteiger partial charge in [-0.1, -0.05) is 69.6 Å². The Labute approximate surface area is 296 Å². The van der Waals surface area contributed by atoms with E-state index in [0.29, 0.717) is 17.7 Å². The number of hydrogen-bond donors (Lipinski definition) is 2. The van der Waals surface area contributed by atoms with Crippen LogP contribution in [-0.4, -0.2) is 57.8 Å². The fourth-order valence-electron chi connectivity index (χ4n) is 7.05. The van der Waals surface area contributed by atoms with Crippen molar-refractivity contribution < 1.29 is 42.1 Å². The predicted molar refractivity (Wildman–Crippen MR) is 186 cm³/mol. The van der Waals surface area contributed by atoms with Gasteiger partial charge in [0.1, 0.15) is 18.2 Å². The van der Waals surface area contributed by atoms with E-state index >= 15 is 8.78 Å². The van der Waals surface area contributed by atoms with Gasteiger partial charge in [-0.3, -0.25) is 4.79 Å². The fraction of sp³-hybridized carbons (Fsp3) is 0.474. The third-order valence-corrected chi connectivity index (χ3v) is 9.74. The molecule has 0 unspecified atom stereocenters. The first kappa shape index (κ1) is 37.3. The van der Waals surface area contributed by atoms with Crippen molar-refractivity contribution in [3.8, 4) is 22.6 Å². The number of carbonyl (C=O) groups is 2. The standard InChI is InChI=1S/C38H45ClF2N2O7/c1-21(49-28-15-11-12-18-47-28)20-48-26-17-16-24(34(44)42-6)30(33(26)41)31-29-22(2)38(23-13-9-8-10-14-23,50-27(29)19-25(40)32(31)39)35(37(3,4)5)43-36(45)46-7/h8-10,13-14,16-17,19,21-22,28,35H,11-12,15,18,20H2,1-7H3,(H,42,44)(H,43,45)/t21-,22-,28-,35-,38-/m0/s1. The number of amides is 2. The summed E-state index contributed by atoms with van der Waals surface area (Å²) in [6.07, 6.45) is 1.20. The van der Waals surface area contributed by atoms with E-state index in [9.17, 15) is 9.59 Å². The molecule has 12 heteroatoms. The van der Waals surface area contributed by atoms with Crippen LogP contribution in [0.4, 0.5) is 13.6 Å². The van der Waals surface area contributed by atoms with Crippen LogP contribution in [0.3, 0.4) is 0 Å². The lowest BCUT2D eigenvalue weighted by Crippen LogP contribution is -2.60. The smallest absolute Gasteiger partial charge is 0.407 e. The molecule has 1 fully saturated rings. The molecule has 0 bridgehead atoms. The van der Waals surface area contributed by atoms with Gasteiger partial charge in [-0.15, -0.1) is 0 Å². The average Bonchev–Trinajstić information content (AvgIpc) is 3.38. The molecular weight excluding hydrogens is 670 g/mol. The van der Waals surface area contributed by atoms with Crippen molar-refractivity contribution in [1.82, 2.24) is 10.6 Å². The normalized spacial score (nSPS) is 21.4. The maximum Gasteiger partial charge on any atom is 0.407 e. The number of halogens is 3. The summed E-state index contributed by atoms with van der Waals surface area (Å²) in [5, 5.41) is 5.11. The third-order valence-electron chi connectivity index (χ3n) is 9.37. The number of carbonyl (C=O) groups excluding carboxylic acids is 2. The Morgan fingerprint density at radius 3 is 2.44 bits per heavy atom. The monoisotopic (exact) mass is 714 g/mol. The largest absolute Gasteiger partial charge is 0.488 e. The van der Waals surface area contributed by atoms with Crippen molar-refractivity contribution in [3.63, 3.8) is 0 Å². The minimum Gasteiger partial charge on any atom is -0.488 e. The molecule has 2 aliphatic heterocycles. The van der Waals surface area contributed by atoms with Crippen LogP contribution in [0.2, 0.25) is 5.02 Å². The van der Waals surface area contributed by atoms with Crippen LogP contribution in [0.5, 0.6) is 11.5 Å². The fourth-order valence-corrected chi connectivity index (χ4v) is 7.30. The first-order valence-electron chi connectivity index (χ1n) is 16.8. The molecule has 2 amide bonds. The number of nitrogens with one attached hydrogen (secondary N) is 2. The Balaban J connectivity index is 1.68. The molecule has 5 rings (SSSR count). The Hall–Kier alpha value is -3.93. The van der Waals surface area contributed by atoms with Crippen molar-refractivity contribution >= 4 is 23.6 Å². The first-order valence-corrected chi connectivity index (χ1v) is 17.2. The van der Waals surface area contributed by atoms with E-state index in [1.165, 1.54) is 26.3 Å². The predicted octanol–water partition coefficient (Wildman–Crippen LogP) is 8.12. The maximum absolute atomic E-state index is 16.9. The second-order valence-corrected chi connectivity index (χ2v) is 14.2. The summed E-state index contributed by atoms with van der Waals surface area (Å²) < 4.78 is 62.2. The van der Waals surface area contributed by atoms with Crippen LogP contribution >= 0.6 is 11.6 Å². The lowest BCUT2D eigenvalue weighted by molar-refractivity contribution is -0.189. The number of alkyl carbamates (subject to hydrolysis) is 1. The third kappa shape index (κ3) is 7.13. The van der Waals surface area contributed by atoms with E-state index < -0.39 is 57.7 Å². The summed E-state index contributed by atoms with van der Waals surface area (Å²) in [5.74, 6) is -3.20. The molecule has 0 saturated carbocycles. The Bertz CT molecular complexity index is 1710. The molecule has 0 spiro atoms. The molecule has 9 nitrogen and oxygen atoms in total. The van der Waals surface area contributed by atoms with Crippen LogP contribution < -0.4 is 20.1 Å². The van der Waals surface area contributed by atoms with Crippen molar-refractivity contribution in [2.45, 2.75) is 83.8 Å². The number of benzene rings is 3. The molecule has 0 aromatic heterocycles. The van der Waals surface area contributed by atoms with Crippen LogP contribution in [-0.2, 0) is 19.8 Å². The molecule has 2 N–H and O–H groups in total. The molecule has 5 atom stereocenters. The van der Waals surface area contributed by atoms with Crippen LogP contribution in [0.25, 0.3) is 11.1 Å². The van der Waals surface area contributed by atoms with Gasteiger partial charge in [0.15, 0.2) is 23.5 Å². The molecular formula is C38H45ClF2N2O7. The summed E-state index contributed by atoms with van der Waals surface area (Å²) in [4.78, 5) is 26.1. The molecule has 2 aliphatic rings. The van der Waals surface area contributed by atoms with Gasteiger partial charge in [-0.25, -0.2) is 13.6 Å². The molecule has 0 aliphatic carbocycles. The van der Waals surface area contributed by atoms with E-state index in [0.717, 1.165) is 25.3 Å². The number of rotatable bonds is 10. The molecule has 3 aromatic rings. The zero-order chi connectivity index (χ0) is 36.4. The van der Waals surface area contributed by atoms with Gasteiger partial charge < -0.3 is 34.3 Å². The number of fused-ring (bicyclic) bond motifs is 1. The number of methoxy groups -OCH3 is 1. The summed E-state index contributed by atoms with van der Waals surface area (Å²) in [5.41, 5.74) is -1.39. The van der Waals surface area contributed by atoms with Crippen LogP contribution in [0, 0.1) is 17.0 Å². The zero-order valence-electron chi connectivity index (χ0n) is 29.5. The molecule has 1 saturated heterocycles. The van der Waals surface area contributed by atoms with E-state index in [2.05, 4.69) is 10.6 Å². The van der Waals surface area contributed by atoms with Gasteiger partial charge in [-0.2, -0.15) is 0 Å². The van der Waals surface area contributed by atoms with Gasteiger partial charge >= 0.3 is 6.09 Å². The highest BCUT2D eigenvalue weighted by atomic mass is 35.5. The molecule has 0 radical (unpaired) electrons. The topological polar surface area (TPSA) is 104 Å². The number of hydrogen-bond acceptors (Lipinski definition) is 7. The highest BCUT2D eigenvalue weighted by Crippen LogP contribution is 2.59. The highest BCUT2D eigenvalue weighted by Gasteiger charge is 2.58. The van der Waals surface area contributed by atoms with Crippen molar-refractivity contribution in [1.29, 1.82) is 0 Å². The summed E-state index contributed by atoms with van der Waals surface area (Å²) in [6, 6.07) is 12.4. The van der Waals surface area contributed by atoms with Crippen molar-refractivity contribution in [3.05, 3.63) is 81.9 Å². The second-order valence-electron chi connectivity index (χ2n) is 13.8. The summed E-state index contributed by atoms with van der Waals surface area (Å²) in [6.45, 7) is 10.0. The number of ether oxygens (including phenoxy) is 5. The van der Waals surface area contributed by atoms with Gasteiger partial charge in [0, 0.05) is 42.3 Å². The Morgan fingerprint density at radius 1 is 1.10 bits per heavy atom. The molecule has 3 aromatic carbocycles. The molecule has 270 valence electrons. The quantitative estimate of drug-likeness (QED) is 0.219. The maximum atomic E-state index is 16.9. The van der Waals surface area contributed by atoms with E-state index in [4.69, 9.17) is 35.3 Å². The van der Waals surface area contributed by atoms with Crippen molar-refractivity contribution in [2.75, 3.05) is 27.4 Å². The zero-order valence-corrected chi connectivity index (χ0v) is 30.2. The summed E-state index contributed by atoms with van der Waals surface area (Å²) >= 11 is 6.78. The van der Waals surface area contributed by atoms with E-state index in [1.54, 1.807) is 6.92 Å². The second kappa shape index (κ2) is 15.1. The average molecular weight is 715 g/mol. The van der Waals surface area contributed by atoms with Crippen molar-refractivity contribution in [2.24, 2.45) is 5.41 Å². The minimum absolute atomic E-state index is 0.0202. The Morgan fingerprint density at radius 2 is 1.82 bits per heavy atom. The SMILES string of the molecule is CNC(=O)c1ccc(OC[C@H](C)O[C@H]2CCCCO2)c(F)c1-c1c(Cl)c(F)cc2c1[C@H](C)[C@](c1ccccc1)([C@@H](NC(=O)OC)C(C)(C)C)O2. The minimum atomic E-state index is -1.37. The highest BCUT2D eigenvalue weighted by molar-refractivity contribution is 6.34. The first-order chi connectivity index (χ1) is 23.7. The molecule has 50 heavy (non-hydrogen) atoms. The lowest BCUT2D eigenvalue weighted by atomic mass is 9.66. The van der Waals surface area contributed by atoms with Crippen LogP contribution in [0.15, 0.2) is 48.5 Å². The lowest BCUT2D eigenvalue weighted by Gasteiger charge is -2.46. The Kier molecular flexibility index (Phi) is 11.3. The van der Waals surface area contributed by atoms with Crippen LogP contribution in [0.1, 0.15) is 81.3 Å². The van der Waals surface area contributed by atoms with E-state index in [1.807, 2.05) is 58.0 Å². The molecule has 2 heterocycles. The van der Waals surface area contributed by atoms with Gasteiger partial charge in [0.25, 0.3) is 5.91 Å². The van der Waals surface area contributed by atoms with Gasteiger partial charge in [-0.05, 0) is 49.3 Å². The summed E-state index contributed by atoms with van der Waals surface area (Å²) in [7, 11) is 2.68. The van der Waals surface area contributed by atoms with Gasteiger partial charge in [0.2, 0.25) is 0 Å². The van der Waals surface area contributed by atoms with Gasteiger partial charge in [0.05, 0.1) is 29.8 Å².